The van der Waals surface area contributed by atoms with Crippen LogP contribution in [0.3, 0.4) is 0 Å². The summed E-state index contributed by atoms with van der Waals surface area (Å²) in [6.07, 6.45) is 3.73. The fourth-order valence-electron chi connectivity index (χ4n) is 3.31. The summed E-state index contributed by atoms with van der Waals surface area (Å²) in [5.74, 6) is 0. The number of hydrogen-bond donors (Lipinski definition) is 2. The van der Waals surface area contributed by atoms with Crippen LogP contribution >= 0.6 is 0 Å². The molecule has 0 spiro atoms. The minimum Gasteiger partial charge on any atom is -0.381 e. The second-order valence-electron chi connectivity index (χ2n) is 5.52. The van der Waals surface area contributed by atoms with E-state index in [4.69, 9.17) is 0 Å². The maximum Gasteiger partial charge on any atom is 0.240 e. The molecule has 2 N–H and O–H groups in total. The van der Waals surface area contributed by atoms with Crippen molar-refractivity contribution in [2.45, 2.75) is 36.2 Å². The Morgan fingerprint density at radius 3 is 2.60 bits per heavy atom. The Morgan fingerprint density at radius 1 is 1.15 bits per heavy atom. The molecule has 5 nitrogen and oxygen atoms in total. The van der Waals surface area contributed by atoms with Gasteiger partial charge in [0.1, 0.15) is 0 Å². The zero-order valence-electron chi connectivity index (χ0n) is 11.7. The smallest absolute Gasteiger partial charge is 0.240 e. The molecule has 2 heterocycles. The highest BCUT2D eigenvalue weighted by Gasteiger charge is 2.36. The van der Waals surface area contributed by atoms with Gasteiger partial charge < -0.3 is 5.32 Å². The van der Waals surface area contributed by atoms with E-state index < -0.39 is 10.0 Å². The molecule has 2 atom stereocenters. The summed E-state index contributed by atoms with van der Waals surface area (Å²) in [5.41, 5.74) is 0.999. The standard InChI is InChI=1S/C14H21N3O2S/c1-15-20(18,19)12-6-4-11(5-7-12)16-13-8-10-17-9-2-3-14(13)17/h4-7,13-16H,2-3,8-10H2,1H3. The van der Waals surface area contributed by atoms with Crippen LogP contribution in [0.1, 0.15) is 19.3 Å². The van der Waals surface area contributed by atoms with Crippen molar-refractivity contribution in [1.82, 2.24) is 9.62 Å². The second-order valence-corrected chi connectivity index (χ2v) is 7.40. The maximum atomic E-state index is 11.7. The summed E-state index contributed by atoms with van der Waals surface area (Å²) in [6.45, 7) is 2.40. The molecule has 6 heteroatoms. The third kappa shape index (κ3) is 2.55. The third-order valence-corrected chi connectivity index (χ3v) is 5.82. The van der Waals surface area contributed by atoms with Crippen LogP contribution in [0.2, 0.25) is 0 Å². The van der Waals surface area contributed by atoms with Crippen molar-refractivity contribution in [3.05, 3.63) is 24.3 Å². The lowest BCUT2D eigenvalue weighted by atomic mass is 10.1. The lowest BCUT2D eigenvalue weighted by molar-refractivity contribution is 0.318. The Hall–Kier alpha value is -1.11. The number of nitrogens with zero attached hydrogens (tertiary/aromatic N) is 1. The van der Waals surface area contributed by atoms with Gasteiger partial charge in [-0.25, -0.2) is 13.1 Å². The largest absolute Gasteiger partial charge is 0.381 e. The fraction of sp³-hybridized carbons (Fsp3) is 0.571. The minimum absolute atomic E-state index is 0.305. The molecular formula is C14H21N3O2S. The van der Waals surface area contributed by atoms with Crippen molar-refractivity contribution in [1.29, 1.82) is 0 Å². The van der Waals surface area contributed by atoms with Gasteiger partial charge in [-0.2, -0.15) is 0 Å². The number of anilines is 1. The summed E-state index contributed by atoms with van der Waals surface area (Å²) in [5, 5.41) is 3.55. The number of nitrogens with one attached hydrogen (secondary N) is 2. The van der Waals surface area contributed by atoms with Crippen molar-refractivity contribution >= 4 is 15.7 Å². The van der Waals surface area contributed by atoms with Gasteiger partial charge in [0.05, 0.1) is 4.90 Å². The zero-order chi connectivity index (χ0) is 14.2. The molecule has 1 aromatic carbocycles. The monoisotopic (exact) mass is 295 g/mol. The first-order valence-corrected chi connectivity index (χ1v) is 8.63. The van der Waals surface area contributed by atoms with Gasteiger partial charge in [-0.3, -0.25) is 4.90 Å². The topological polar surface area (TPSA) is 61.4 Å². The van der Waals surface area contributed by atoms with Gasteiger partial charge in [-0.1, -0.05) is 0 Å². The lowest BCUT2D eigenvalue weighted by Gasteiger charge is -2.22. The van der Waals surface area contributed by atoms with E-state index in [1.807, 2.05) is 12.1 Å². The van der Waals surface area contributed by atoms with E-state index >= 15 is 0 Å². The van der Waals surface area contributed by atoms with Gasteiger partial charge in [-0.05, 0) is 57.1 Å². The lowest BCUT2D eigenvalue weighted by Crippen LogP contribution is -2.33. The molecule has 0 saturated carbocycles. The first-order valence-electron chi connectivity index (χ1n) is 7.14. The van der Waals surface area contributed by atoms with E-state index in [9.17, 15) is 8.42 Å². The number of hydrogen-bond acceptors (Lipinski definition) is 4. The first-order chi connectivity index (χ1) is 9.60. The van der Waals surface area contributed by atoms with E-state index in [0.29, 0.717) is 17.0 Å². The molecule has 2 unspecified atom stereocenters. The van der Waals surface area contributed by atoms with Gasteiger partial charge in [0.15, 0.2) is 0 Å². The molecule has 2 saturated heterocycles. The average Bonchev–Trinajstić information content (AvgIpc) is 3.04. The predicted molar refractivity (Wildman–Crippen MR) is 79.3 cm³/mol. The maximum absolute atomic E-state index is 11.7. The zero-order valence-corrected chi connectivity index (χ0v) is 12.5. The molecule has 0 amide bonds. The van der Waals surface area contributed by atoms with Gasteiger partial charge >= 0.3 is 0 Å². The van der Waals surface area contributed by atoms with Crippen molar-refractivity contribution in [3.63, 3.8) is 0 Å². The summed E-state index contributed by atoms with van der Waals surface area (Å²) in [6, 6.07) is 8.13. The Labute approximate surface area is 120 Å². The molecule has 0 aliphatic carbocycles. The van der Waals surface area contributed by atoms with Crippen LogP contribution in [0.4, 0.5) is 5.69 Å². The van der Waals surface area contributed by atoms with Gasteiger partial charge in [-0.15, -0.1) is 0 Å². The van der Waals surface area contributed by atoms with E-state index in [-0.39, 0.29) is 0 Å². The van der Waals surface area contributed by atoms with Gasteiger partial charge in [0.2, 0.25) is 10.0 Å². The Kier molecular flexibility index (Phi) is 3.70. The fourth-order valence-corrected chi connectivity index (χ4v) is 4.04. The van der Waals surface area contributed by atoms with Gasteiger partial charge in [0.25, 0.3) is 0 Å². The molecular weight excluding hydrogens is 274 g/mol. The van der Waals surface area contributed by atoms with Crippen LogP contribution in [0.5, 0.6) is 0 Å². The van der Waals surface area contributed by atoms with Crippen LogP contribution in [-0.4, -0.2) is 45.5 Å². The highest BCUT2D eigenvalue weighted by Crippen LogP contribution is 2.30. The van der Waals surface area contributed by atoms with E-state index in [1.165, 1.54) is 39.4 Å². The number of sulfonamides is 1. The molecule has 110 valence electrons. The van der Waals surface area contributed by atoms with Gasteiger partial charge in [0, 0.05) is 24.3 Å². The molecule has 2 fully saturated rings. The molecule has 0 aromatic heterocycles. The second kappa shape index (κ2) is 5.35. The van der Waals surface area contributed by atoms with Crippen molar-refractivity contribution in [3.8, 4) is 0 Å². The normalized spacial score (nSPS) is 26.6. The molecule has 2 aliphatic heterocycles. The van der Waals surface area contributed by atoms with E-state index in [1.54, 1.807) is 12.1 Å². The SMILES string of the molecule is CNS(=O)(=O)c1ccc(NC2CCN3CCCC23)cc1. The Morgan fingerprint density at radius 2 is 1.90 bits per heavy atom. The molecule has 20 heavy (non-hydrogen) atoms. The highest BCUT2D eigenvalue weighted by atomic mass is 32.2. The van der Waals surface area contributed by atoms with Crippen molar-refractivity contribution < 1.29 is 8.42 Å². The van der Waals surface area contributed by atoms with Crippen LogP contribution in [0, 0.1) is 0 Å². The molecule has 0 radical (unpaired) electrons. The molecule has 0 bridgehead atoms. The van der Waals surface area contributed by atoms with E-state index in [2.05, 4.69) is 14.9 Å². The first kappa shape index (κ1) is 13.9. The van der Waals surface area contributed by atoms with Crippen LogP contribution in [0.15, 0.2) is 29.2 Å². The average molecular weight is 295 g/mol. The minimum atomic E-state index is -3.34. The molecule has 1 aromatic rings. The third-order valence-electron chi connectivity index (χ3n) is 4.39. The summed E-state index contributed by atoms with van der Waals surface area (Å²) in [4.78, 5) is 2.86. The van der Waals surface area contributed by atoms with Crippen molar-refractivity contribution in [2.24, 2.45) is 0 Å². The van der Waals surface area contributed by atoms with Crippen LogP contribution < -0.4 is 10.0 Å². The number of rotatable bonds is 4. The highest BCUT2D eigenvalue weighted by molar-refractivity contribution is 7.89. The number of fused-ring (bicyclic) bond motifs is 1. The Balaban J connectivity index is 1.70. The van der Waals surface area contributed by atoms with E-state index in [0.717, 1.165) is 5.69 Å². The summed E-state index contributed by atoms with van der Waals surface area (Å²) < 4.78 is 25.7. The van der Waals surface area contributed by atoms with Crippen LogP contribution in [-0.2, 0) is 10.0 Å². The van der Waals surface area contributed by atoms with Crippen molar-refractivity contribution in [2.75, 3.05) is 25.5 Å². The summed E-state index contributed by atoms with van der Waals surface area (Å²) in [7, 11) is -1.92. The number of benzene rings is 1. The molecule has 2 aliphatic rings. The summed E-state index contributed by atoms with van der Waals surface area (Å²) >= 11 is 0. The quantitative estimate of drug-likeness (QED) is 0.877. The Bertz CT molecular complexity index is 571. The molecule has 3 rings (SSSR count). The predicted octanol–water partition coefficient (Wildman–Crippen LogP) is 1.24. The van der Waals surface area contributed by atoms with Crippen LogP contribution in [0.25, 0.3) is 0 Å².